The number of rotatable bonds is 3. The van der Waals surface area contributed by atoms with Crippen molar-refractivity contribution in [3.63, 3.8) is 0 Å². The molecule has 19 heavy (non-hydrogen) atoms. The van der Waals surface area contributed by atoms with Crippen molar-refractivity contribution >= 4 is 16.3 Å². The SMILES string of the molecule is CCc1nn2c(=O)cc(CN3CCC(O)C3)nc2s1. The lowest BCUT2D eigenvalue weighted by molar-refractivity contribution is 0.174. The zero-order chi connectivity index (χ0) is 13.4. The molecule has 3 rings (SSSR count). The average Bonchev–Trinajstić information content (AvgIpc) is 2.96. The Bertz CT molecular complexity index is 651. The molecule has 3 heterocycles. The van der Waals surface area contributed by atoms with Crippen LogP contribution in [0.15, 0.2) is 10.9 Å². The third kappa shape index (κ3) is 2.54. The van der Waals surface area contributed by atoms with E-state index in [1.54, 1.807) is 0 Å². The Kier molecular flexibility index (Phi) is 3.34. The Morgan fingerprint density at radius 2 is 2.42 bits per heavy atom. The molecule has 2 aromatic rings. The van der Waals surface area contributed by atoms with Gasteiger partial charge < -0.3 is 5.11 Å². The van der Waals surface area contributed by atoms with Crippen molar-refractivity contribution in [2.75, 3.05) is 13.1 Å². The van der Waals surface area contributed by atoms with E-state index in [9.17, 15) is 9.90 Å². The van der Waals surface area contributed by atoms with E-state index in [4.69, 9.17) is 0 Å². The van der Waals surface area contributed by atoms with Crippen LogP contribution in [-0.4, -0.2) is 43.8 Å². The summed E-state index contributed by atoms with van der Waals surface area (Å²) in [6.07, 6.45) is 1.35. The molecule has 102 valence electrons. The van der Waals surface area contributed by atoms with Gasteiger partial charge in [0.25, 0.3) is 5.56 Å². The number of nitrogens with zero attached hydrogens (tertiary/aromatic N) is 4. The molecule has 2 aromatic heterocycles. The molecule has 1 fully saturated rings. The largest absolute Gasteiger partial charge is 0.392 e. The van der Waals surface area contributed by atoms with Crippen molar-refractivity contribution < 1.29 is 5.11 Å². The van der Waals surface area contributed by atoms with Gasteiger partial charge in [0, 0.05) is 25.7 Å². The second-order valence-corrected chi connectivity index (χ2v) is 5.85. The fourth-order valence-corrected chi connectivity index (χ4v) is 3.16. The first-order valence-electron chi connectivity index (χ1n) is 6.45. The van der Waals surface area contributed by atoms with Gasteiger partial charge in [0.15, 0.2) is 0 Å². The van der Waals surface area contributed by atoms with Crippen molar-refractivity contribution in [1.82, 2.24) is 19.5 Å². The van der Waals surface area contributed by atoms with E-state index in [2.05, 4.69) is 15.0 Å². The number of aromatic nitrogens is 3. The number of aliphatic hydroxyl groups is 1. The van der Waals surface area contributed by atoms with E-state index in [-0.39, 0.29) is 11.7 Å². The molecule has 0 aliphatic carbocycles. The predicted octanol–water partition coefficient (Wildman–Crippen LogP) is 0.280. The van der Waals surface area contributed by atoms with E-state index in [0.717, 1.165) is 30.1 Å². The topological polar surface area (TPSA) is 70.7 Å². The summed E-state index contributed by atoms with van der Waals surface area (Å²) in [5, 5.41) is 14.6. The second-order valence-electron chi connectivity index (χ2n) is 4.81. The summed E-state index contributed by atoms with van der Waals surface area (Å²) in [4.78, 5) is 19.2. The molecule has 1 atom stereocenters. The average molecular weight is 280 g/mol. The smallest absolute Gasteiger partial charge is 0.275 e. The van der Waals surface area contributed by atoms with Gasteiger partial charge in [-0.15, -0.1) is 0 Å². The van der Waals surface area contributed by atoms with Crippen LogP contribution >= 0.6 is 11.3 Å². The number of aliphatic hydroxyl groups excluding tert-OH is 1. The van der Waals surface area contributed by atoms with Gasteiger partial charge in [-0.3, -0.25) is 9.69 Å². The molecule has 1 aliphatic rings. The molecular weight excluding hydrogens is 264 g/mol. The van der Waals surface area contributed by atoms with E-state index in [0.29, 0.717) is 18.1 Å². The Balaban J connectivity index is 1.90. The molecule has 0 saturated carbocycles. The molecule has 0 radical (unpaired) electrons. The number of β-amino-alcohol motifs (C(OH)–C–C–N with tert-alkyl or cyclic N) is 1. The van der Waals surface area contributed by atoms with Crippen LogP contribution in [0, 0.1) is 0 Å². The van der Waals surface area contributed by atoms with E-state index >= 15 is 0 Å². The van der Waals surface area contributed by atoms with E-state index in [1.807, 2.05) is 6.92 Å². The number of fused-ring (bicyclic) bond motifs is 1. The van der Waals surface area contributed by atoms with Gasteiger partial charge in [-0.25, -0.2) is 4.98 Å². The Morgan fingerprint density at radius 1 is 1.58 bits per heavy atom. The monoisotopic (exact) mass is 280 g/mol. The molecule has 1 aliphatic heterocycles. The van der Waals surface area contributed by atoms with Gasteiger partial charge in [-0.2, -0.15) is 9.61 Å². The maximum Gasteiger partial charge on any atom is 0.275 e. The molecular formula is C12H16N4O2S. The van der Waals surface area contributed by atoms with Crippen LogP contribution in [0.5, 0.6) is 0 Å². The standard InChI is InChI=1S/C12H16N4O2S/c1-2-10-14-16-11(18)5-8(13-12(16)19-10)6-15-4-3-9(17)7-15/h5,9,17H,2-4,6-7H2,1H3. The quantitative estimate of drug-likeness (QED) is 0.874. The molecule has 1 unspecified atom stereocenters. The van der Waals surface area contributed by atoms with Crippen LogP contribution in [0.3, 0.4) is 0 Å². The second kappa shape index (κ2) is 4.99. The summed E-state index contributed by atoms with van der Waals surface area (Å²) < 4.78 is 1.37. The van der Waals surface area contributed by atoms with Crippen LogP contribution in [-0.2, 0) is 13.0 Å². The van der Waals surface area contributed by atoms with Crippen LogP contribution in [0.25, 0.3) is 4.96 Å². The van der Waals surface area contributed by atoms with Crippen molar-refractivity contribution in [3.8, 4) is 0 Å². The minimum absolute atomic E-state index is 0.129. The van der Waals surface area contributed by atoms with Gasteiger partial charge in [-0.05, 0) is 12.8 Å². The van der Waals surface area contributed by atoms with Crippen LogP contribution in [0.4, 0.5) is 0 Å². The van der Waals surface area contributed by atoms with Crippen molar-refractivity contribution in [2.45, 2.75) is 32.4 Å². The van der Waals surface area contributed by atoms with Gasteiger partial charge in [0.1, 0.15) is 5.01 Å². The van der Waals surface area contributed by atoms with Crippen LogP contribution in [0.1, 0.15) is 24.0 Å². The lowest BCUT2D eigenvalue weighted by atomic mass is 10.3. The maximum absolute atomic E-state index is 12.0. The van der Waals surface area contributed by atoms with Gasteiger partial charge in [0.05, 0.1) is 11.8 Å². The third-order valence-electron chi connectivity index (χ3n) is 3.28. The van der Waals surface area contributed by atoms with Gasteiger partial charge in [-0.1, -0.05) is 18.3 Å². The van der Waals surface area contributed by atoms with Crippen molar-refractivity contribution in [1.29, 1.82) is 0 Å². The normalized spacial score (nSPS) is 20.4. The summed E-state index contributed by atoms with van der Waals surface area (Å²) in [6.45, 7) is 4.13. The summed E-state index contributed by atoms with van der Waals surface area (Å²) in [5.41, 5.74) is 0.626. The molecule has 0 aromatic carbocycles. The summed E-state index contributed by atoms with van der Waals surface area (Å²) >= 11 is 1.46. The first-order chi connectivity index (χ1) is 9.15. The first kappa shape index (κ1) is 12.7. The third-order valence-corrected chi connectivity index (χ3v) is 4.33. The number of hydrogen-bond donors (Lipinski definition) is 1. The van der Waals surface area contributed by atoms with Gasteiger partial charge in [0.2, 0.25) is 4.96 Å². The number of hydrogen-bond acceptors (Lipinski definition) is 6. The highest BCUT2D eigenvalue weighted by atomic mass is 32.1. The zero-order valence-corrected chi connectivity index (χ0v) is 11.6. The highest BCUT2D eigenvalue weighted by Gasteiger charge is 2.21. The molecule has 1 N–H and O–H groups in total. The Labute approximate surface area is 114 Å². The first-order valence-corrected chi connectivity index (χ1v) is 7.26. The Hall–Kier alpha value is -1.31. The summed E-state index contributed by atoms with van der Waals surface area (Å²) in [6, 6.07) is 1.54. The molecule has 0 amide bonds. The fourth-order valence-electron chi connectivity index (χ4n) is 2.30. The van der Waals surface area contributed by atoms with Gasteiger partial charge >= 0.3 is 0 Å². The fraction of sp³-hybridized carbons (Fsp3) is 0.583. The lowest BCUT2D eigenvalue weighted by Crippen LogP contribution is -2.24. The highest BCUT2D eigenvalue weighted by molar-refractivity contribution is 7.16. The van der Waals surface area contributed by atoms with Crippen LogP contribution < -0.4 is 5.56 Å². The summed E-state index contributed by atoms with van der Waals surface area (Å²) in [5.74, 6) is 0. The van der Waals surface area contributed by atoms with Crippen molar-refractivity contribution in [3.05, 3.63) is 27.1 Å². The minimum Gasteiger partial charge on any atom is -0.392 e. The molecule has 0 bridgehead atoms. The molecule has 7 heteroatoms. The zero-order valence-electron chi connectivity index (χ0n) is 10.7. The molecule has 1 saturated heterocycles. The molecule has 0 spiro atoms. The highest BCUT2D eigenvalue weighted by Crippen LogP contribution is 2.14. The van der Waals surface area contributed by atoms with E-state index in [1.165, 1.54) is 21.9 Å². The maximum atomic E-state index is 12.0. The summed E-state index contributed by atoms with van der Waals surface area (Å²) in [7, 11) is 0. The molecule has 6 nitrogen and oxygen atoms in total. The number of aryl methyl sites for hydroxylation is 1. The van der Waals surface area contributed by atoms with Crippen molar-refractivity contribution in [2.24, 2.45) is 0 Å². The Morgan fingerprint density at radius 3 is 3.11 bits per heavy atom. The van der Waals surface area contributed by atoms with Crippen LogP contribution in [0.2, 0.25) is 0 Å². The van der Waals surface area contributed by atoms with E-state index < -0.39 is 0 Å². The minimum atomic E-state index is -0.250. The lowest BCUT2D eigenvalue weighted by Gasteiger charge is -2.13. The predicted molar refractivity (Wildman–Crippen MR) is 72.4 cm³/mol. The number of likely N-dealkylation sites (tertiary alicyclic amines) is 1.